The van der Waals surface area contributed by atoms with Gasteiger partial charge in [-0.3, -0.25) is 25.0 Å². The van der Waals surface area contributed by atoms with E-state index in [0.29, 0.717) is 6.42 Å². The van der Waals surface area contributed by atoms with E-state index < -0.39 is 27.1 Å². The van der Waals surface area contributed by atoms with Crippen LogP contribution in [0.15, 0.2) is 23.3 Å². The maximum absolute atomic E-state index is 11.9. The summed E-state index contributed by atoms with van der Waals surface area (Å²) in [4.78, 5) is 31.9. The van der Waals surface area contributed by atoms with Crippen molar-refractivity contribution in [2.45, 2.75) is 39.0 Å². The van der Waals surface area contributed by atoms with Crippen molar-refractivity contribution in [3.8, 4) is 0 Å². The molecule has 9 nitrogen and oxygen atoms in total. The lowest BCUT2D eigenvalue weighted by Crippen LogP contribution is -2.19. The van der Waals surface area contributed by atoms with Crippen LogP contribution in [0.3, 0.4) is 0 Å². The van der Waals surface area contributed by atoms with Gasteiger partial charge in [-0.1, -0.05) is 26.2 Å². The number of non-ortho nitro benzene ring substituents is 1. The molecule has 0 fully saturated rings. The first-order valence-corrected chi connectivity index (χ1v) is 7.22. The van der Waals surface area contributed by atoms with Gasteiger partial charge in [0.1, 0.15) is 5.56 Å². The lowest BCUT2D eigenvalue weighted by molar-refractivity contribution is -0.394. The van der Waals surface area contributed by atoms with Gasteiger partial charge in [-0.15, -0.1) is 0 Å². The van der Waals surface area contributed by atoms with Crippen molar-refractivity contribution in [2.24, 2.45) is 5.10 Å². The van der Waals surface area contributed by atoms with Gasteiger partial charge < -0.3 is 0 Å². The number of hydrogen-bond donors (Lipinski definition) is 1. The highest BCUT2D eigenvalue weighted by Gasteiger charge is 2.23. The van der Waals surface area contributed by atoms with Gasteiger partial charge in [-0.2, -0.15) is 5.10 Å². The van der Waals surface area contributed by atoms with Crippen molar-refractivity contribution < 1.29 is 14.6 Å². The van der Waals surface area contributed by atoms with Crippen molar-refractivity contribution >= 4 is 23.5 Å². The van der Waals surface area contributed by atoms with Crippen LogP contribution in [0.25, 0.3) is 0 Å². The summed E-state index contributed by atoms with van der Waals surface area (Å²) in [6.45, 7) is 2.10. The molecule has 1 aromatic rings. The minimum absolute atomic E-state index is 0.274. The van der Waals surface area contributed by atoms with E-state index in [-0.39, 0.29) is 5.56 Å². The highest BCUT2D eigenvalue weighted by atomic mass is 16.6. The highest BCUT2D eigenvalue weighted by Crippen LogP contribution is 2.24. The van der Waals surface area contributed by atoms with Crippen molar-refractivity contribution in [2.75, 3.05) is 0 Å². The molecule has 0 radical (unpaired) electrons. The smallest absolute Gasteiger partial charge is 0.267 e. The molecule has 0 aliphatic heterocycles. The summed E-state index contributed by atoms with van der Waals surface area (Å²) in [6.07, 6.45) is 6.51. The van der Waals surface area contributed by atoms with Gasteiger partial charge in [0.05, 0.1) is 15.9 Å². The Morgan fingerprint density at radius 2 is 1.96 bits per heavy atom. The Hall–Kier alpha value is -2.84. The standard InChI is InChI=1S/C14H18N4O5/c1-2-3-4-5-6-9-15-16-14(19)12-8-7-11(17(20)21)10-13(12)18(22)23/h7-10H,2-6H2,1H3,(H,16,19). The molecule has 23 heavy (non-hydrogen) atoms. The van der Waals surface area contributed by atoms with Crippen molar-refractivity contribution in [1.82, 2.24) is 5.43 Å². The maximum atomic E-state index is 11.9. The molecular weight excluding hydrogens is 304 g/mol. The van der Waals surface area contributed by atoms with E-state index >= 15 is 0 Å². The Balaban J connectivity index is 2.70. The molecule has 0 atom stereocenters. The van der Waals surface area contributed by atoms with E-state index in [2.05, 4.69) is 17.5 Å². The number of nitro benzene ring substituents is 2. The van der Waals surface area contributed by atoms with Crippen LogP contribution in [0.4, 0.5) is 11.4 Å². The average molecular weight is 322 g/mol. The van der Waals surface area contributed by atoms with Gasteiger partial charge in [0.15, 0.2) is 0 Å². The molecule has 1 amide bonds. The highest BCUT2D eigenvalue weighted by molar-refractivity contribution is 5.98. The summed E-state index contributed by atoms with van der Waals surface area (Å²) < 4.78 is 0. The normalized spacial score (nSPS) is 10.7. The van der Waals surface area contributed by atoms with Crippen LogP contribution in [-0.2, 0) is 0 Å². The summed E-state index contributed by atoms with van der Waals surface area (Å²) >= 11 is 0. The quantitative estimate of drug-likeness (QED) is 0.323. The summed E-state index contributed by atoms with van der Waals surface area (Å²) in [5.41, 5.74) is 0.835. The Morgan fingerprint density at radius 1 is 1.22 bits per heavy atom. The SMILES string of the molecule is CCCCCCC=NNC(=O)c1ccc([N+](=O)[O-])cc1[N+](=O)[O-]. The molecule has 0 unspecified atom stereocenters. The number of benzene rings is 1. The molecule has 1 rings (SSSR count). The first-order valence-electron chi connectivity index (χ1n) is 7.22. The van der Waals surface area contributed by atoms with Crippen molar-refractivity contribution in [3.05, 3.63) is 44.0 Å². The van der Waals surface area contributed by atoms with E-state index in [0.717, 1.165) is 43.9 Å². The van der Waals surface area contributed by atoms with Gasteiger partial charge in [-0.05, 0) is 18.9 Å². The molecule has 124 valence electrons. The third-order valence-electron chi connectivity index (χ3n) is 3.08. The number of amides is 1. The minimum atomic E-state index is -0.837. The number of nitro groups is 2. The van der Waals surface area contributed by atoms with Gasteiger partial charge in [0.2, 0.25) is 0 Å². The maximum Gasteiger partial charge on any atom is 0.289 e. The molecule has 0 aromatic heterocycles. The molecule has 0 spiro atoms. The summed E-state index contributed by atoms with van der Waals surface area (Å²) in [5, 5.41) is 25.3. The number of hydrogen-bond acceptors (Lipinski definition) is 6. The zero-order chi connectivity index (χ0) is 17.2. The fourth-order valence-electron chi connectivity index (χ4n) is 1.87. The Bertz CT molecular complexity index is 615. The van der Waals surface area contributed by atoms with E-state index in [4.69, 9.17) is 0 Å². The first kappa shape index (κ1) is 18.2. The van der Waals surface area contributed by atoms with E-state index in [1.807, 2.05) is 0 Å². The number of nitrogens with one attached hydrogen (secondary N) is 1. The Labute approximate surface area is 132 Å². The lowest BCUT2D eigenvalue weighted by Gasteiger charge is -2.01. The summed E-state index contributed by atoms with van der Waals surface area (Å²) in [5.74, 6) is -0.781. The van der Waals surface area contributed by atoms with Crippen LogP contribution in [0.1, 0.15) is 49.4 Å². The predicted octanol–water partition coefficient (Wildman–Crippen LogP) is 3.19. The summed E-state index contributed by atoms with van der Waals surface area (Å²) in [6, 6.07) is 2.84. The molecule has 0 aliphatic carbocycles. The molecule has 0 saturated heterocycles. The molecule has 0 bridgehead atoms. The number of hydrazone groups is 1. The second-order valence-corrected chi connectivity index (χ2v) is 4.82. The van der Waals surface area contributed by atoms with Gasteiger partial charge in [-0.25, -0.2) is 5.43 Å². The second-order valence-electron chi connectivity index (χ2n) is 4.82. The van der Waals surface area contributed by atoms with Crippen LogP contribution in [0.5, 0.6) is 0 Å². The van der Waals surface area contributed by atoms with E-state index in [1.54, 1.807) is 0 Å². The molecule has 1 N–H and O–H groups in total. The predicted molar refractivity (Wildman–Crippen MR) is 84.5 cm³/mol. The van der Waals surface area contributed by atoms with Crippen molar-refractivity contribution in [3.63, 3.8) is 0 Å². The Morgan fingerprint density at radius 3 is 2.57 bits per heavy atom. The van der Waals surface area contributed by atoms with Gasteiger partial charge in [0.25, 0.3) is 17.3 Å². The molecule has 1 aromatic carbocycles. The zero-order valence-corrected chi connectivity index (χ0v) is 12.7. The van der Waals surface area contributed by atoms with Crippen molar-refractivity contribution in [1.29, 1.82) is 0 Å². The largest absolute Gasteiger partial charge is 0.289 e. The molecule has 0 aliphatic rings. The lowest BCUT2D eigenvalue weighted by atomic mass is 10.1. The number of unbranched alkanes of at least 4 members (excludes halogenated alkanes) is 4. The van der Waals surface area contributed by atoms with Crippen LogP contribution in [0, 0.1) is 20.2 Å². The minimum Gasteiger partial charge on any atom is -0.267 e. The third-order valence-corrected chi connectivity index (χ3v) is 3.08. The molecule has 0 heterocycles. The van der Waals surface area contributed by atoms with Crippen LogP contribution >= 0.6 is 0 Å². The molecular formula is C14H18N4O5. The number of carbonyl (C=O) groups excluding carboxylic acids is 1. The number of nitrogens with zero attached hydrogens (tertiary/aromatic N) is 3. The van der Waals surface area contributed by atoms with Gasteiger partial charge >= 0.3 is 0 Å². The van der Waals surface area contributed by atoms with Crippen LogP contribution in [-0.4, -0.2) is 22.0 Å². The number of carbonyl (C=O) groups is 1. The monoisotopic (exact) mass is 322 g/mol. The van der Waals surface area contributed by atoms with E-state index in [9.17, 15) is 25.0 Å². The molecule has 9 heteroatoms. The Kier molecular flexibility index (Phi) is 7.31. The second kappa shape index (κ2) is 9.23. The van der Waals surface area contributed by atoms with E-state index in [1.165, 1.54) is 6.21 Å². The first-order chi connectivity index (χ1) is 11.0. The fraction of sp³-hybridized carbons (Fsp3) is 0.429. The van der Waals surface area contributed by atoms with Crippen LogP contribution in [0.2, 0.25) is 0 Å². The average Bonchev–Trinajstić information content (AvgIpc) is 2.53. The fourth-order valence-corrected chi connectivity index (χ4v) is 1.87. The van der Waals surface area contributed by atoms with Gasteiger partial charge in [0, 0.05) is 12.3 Å². The molecule has 0 saturated carbocycles. The van der Waals surface area contributed by atoms with Crippen LogP contribution < -0.4 is 5.43 Å². The number of rotatable bonds is 9. The summed E-state index contributed by atoms with van der Waals surface area (Å²) in [7, 11) is 0. The third kappa shape index (κ3) is 5.81. The topological polar surface area (TPSA) is 128 Å². The zero-order valence-electron chi connectivity index (χ0n) is 12.7.